The minimum atomic E-state index is -0.441. The summed E-state index contributed by atoms with van der Waals surface area (Å²) in [6.07, 6.45) is 0. The van der Waals surface area contributed by atoms with Crippen molar-refractivity contribution in [1.82, 2.24) is 0 Å². The molecule has 0 saturated carbocycles. The third-order valence-electron chi connectivity index (χ3n) is 2.78. The van der Waals surface area contributed by atoms with E-state index in [4.69, 9.17) is 33.7 Å². The second-order valence-corrected chi connectivity index (χ2v) is 5.01. The summed E-state index contributed by atoms with van der Waals surface area (Å²) < 4.78 is 5.05. The standard InChI is InChI=1S/C14H12Cl2N2O3/c1-21-8-2-3-12(17)9(6-8)14(20)18-7-4-10(15)13(19)11(16)5-7/h2-6,19H,17H2,1H3,(H,18,20). The molecule has 2 aromatic rings. The summed E-state index contributed by atoms with van der Waals surface area (Å²) in [5.41, 5.74) is 6.69. The van der Waals surface area contributed by atoms with E-state index in [1.165, 1.54) is 25.3 Å². The molecule has 0 bridgehead atoms. The van der Waals surface area contributed by atoms with Crippen molar-refractivity contribution in [3.8, 4) is 11.5 Å². The number of aromatic hydroxyl groups is 1. The molecule has 5 nitrogen and oxygen atoms in total. The van der Waals surface area contributed by atoms with E-state index >= 15 is 0 Å². The zero-order valence-electron chi connectivity index (χ0n) is 11.0. The van der Waals surface area contributed by atoms with Gasteiger partial charge in [0.1, 0.15) is 5.75 Å². The number of methoxy groups -OCH3 is 1. The Morgan fingerprint density at radius 2 is 1.86 bits per heavy atom. The summed E-state index contributed by atoms with van der Waals surface area (Å²) in [4.78, 5) is 12.2. The summed E-state index contributed by atoms with van der Waals surface area (Å²) in [5.74, 6) is -0.169. The number of hydrogen-bond acceptors (Lipinski definition) is 4. The van der Waals surface area contributed by atoms with E-state index in [2.05, 4.69) is 5.32 Å². The minimum Gasteiger partial charge on any atom is -0.505 e. The van der Waals surface area contributed by atoms with Gasteiger partial charge in [-0.3, -0.25) is 4.79 Å². The highest BCUT2D eigenvalue weighted by Crippen LogP contribution is 2.35. The first-order valence-electron chi connectivity index (χ1n) is 5.85. The lowest BCUT2D eigenvalue weighted by atomic mass is 10.1. The van der Waals surface area contributed by atoms with Gasteiger partial charge in [0.25, 0.3) is 5.91 Å². The van der Waals surface area contributed by atoms with Gasteiger partial charge >= 0.3 is 0 Å². The van der Waals surface area contributed by atoms with Crippen molar-refractivity contribution >= 4 is 40.5 Å². The molecule has 0 aliphatic rings. The zero-order chi connectivity index (χ0) is 15.6. The van der Waals surface area contributed by atoms with E-state index in [1.807, 2.05) is 0 Å². The van der Waals surface area contributed by atoms with Crippen LogP contribution in [0.3, 0.4) is 0 Å². The third-order valence-corrected chi connectivity index (χ3v) is 3.36. The number of carbonyl (C=O) groups is 1. The maximum atomic E-state index is 12.2. The van der Waals surface area contributed by atoms with Crippen LogP contribution in [0.5, 0.6) is 11.5 Å². The lowest BCUT2D eigenvalue weighted by Gasteiger charge is -2.10. The van der Waals surface area contributed by atoms with Crippen LogP contribution in [0.25, 0.3) is 0 Å². The van der Waals surface area contributed by atoms with Crippen molar-refractivity contribution in [2.24, 2.45) is 0 Å². The number of nitrogen functional groups attached to an aromatic ring is 1. The lowest BCUT2D eigenvalue weighted by Crippen LogP contribution is -2.14. The van der Waals surface area contributed by atoms with E-state index in [0.717, 1.165) is 0 Å². The highest BCUT2D eigenvalue weighted by atomic mass is 35.5. The number of amides is 1. The molecular weight excluding hydrogens is 315 g/mol. The first-order chi connectivity index (χ1) is 9.92. The van der Waals surface area contributed by atoms with Crippen LogP contribution in [-0.4, -0.2) is 18.1 Å². The summed E-state index contributed by atoms with van der Waals surface area (Å²) in [6.45, 7) is 0. The molecule has 0 unspecified atom stereocenters. The van der Waals surface area contributed by atoms with Crippen LogP contribution in [0.15, 0.2) is 30.3 Å². The molecule has 1 amide bonds. The largest absolute Gasteiger partial charge is 0.505 e. The van der Waals surface area contributed by atoms with Crippen molar-refractivity contribution in [2.45, 2.75) is 0 Å². The molecule has 4 N–H and O–H groups in total. The number of phenols is 1. The van der Waals surface area contributed by atoms with Gasteiger partial charge in [0.2, 0.25) is 0 Å². The van der Waals surface area contributed by atoms with Crippen molar-refractivity contribution in [3.63, 3.8) is 0 Å². The Kier molecular flexibility index (Phi) is 4.45. The van der Waals surface area contributed by atoms with Crippen molar-refractivity contribution in [1.29, 1.82) is 0 Å². The van der Waals surface area contributed by atoms with Crippen molar-refractivity contribution in [3.05, 3.63) is 45.9 Å². The first-order valence-corrected chi connectivity index (χ1v) is 6.61. The number of carbonyl (C=O) groups excluding carboxylic acids is 1. The van der Waals surface area contributed by atoms with Gasteiger partial charge in [-0.05, 0) is 30.3 Å². The Morgan fingerprint density at radius 3 is 2.43 bits per heavy atom. The van der Waals surface area contributed by atoms with Crippen LogP contribution in [-0.2, 0) is 0 Å². The molecule has 2 aromatic carbocycles. The molecule has 0 spiro atoms. The fraction of sp³-hybridized carbons (Fsp3) is 0.0714. The molecule has 7 heteroatoms. The fourth-order valence-electron chi connectivity index (χ4n) is 1.70. The molecule has 0 radical (unpaired) electrons. The predicted molar refractivity (Wildman–Crippen MR) is 83.5 cm³/mol. The molecule has 2 rings (SSSR count). The predicted octanol–water partition coefficient (Wildman–Crippen LogP) is 3.54. The highest BCUT2D eigenvalue weighted by molar-refractivity contribution is 6.37. The van der Waals surface area contributed by atoms with Crippen molar-refractivity contribution in [2.75, 3.05) is 18.2 Å². The lowest BCUT2D eigenvalue weighted by molar-refractivity contribution is 0.102. The van der Waals surface area contributed by atoms with E-state index in [1.54, 1.807) is 12.1 Å². The maximum Gasteiger partial charge on any atom is 0.257 e. The molecule has 0 fully saturated rings. The van der Waals surface area contributed by atoms with Gasteiger partial charge in [-0.1, -0.05) is 23.2 Å². The van der Waals surface area contributed by atoms with E-state index in [0.29, 0.717) is 17.1 Å². The van der Waals surface area contributed by atoms with E-state index < -0.39 is 5.91 Å². The van der Waals surface area contributed by atoms with Crippen LogP contribution in [0.1, 0.15) is 10.4 Å². The Morgan fingerprint density at radius 1 is 1.24 bits per heavy atom. The van der Waals surface area contributed by atoms with Gasteiger partial charge in [-0.15, -0.1) is 0 Å². The van der Waals surface area contributed by atoms with Crippen LogP contribution in [0.2, 0.25) is 10.0 Å². The van der Waals surface area contributed by atoms with Crippen LogP contribution in [0, 0.1) is 0 Å². The zero-order valence-corrected chi connectivity index (χ0v) is 12.5. The first kappa shape index (κ1) is 15.3. The Hall–Kier alpha value is -2.11. The number of nitrogens with two attached hydrogens (primary N) is 1. The number of hydrogen-bond donors (Lipinski definition) is 3. The Balaban J connectivity index is 2.30. The average Bonchev–Trinajstić information content (AvgIpc) is 2.45. The second kappa shape index (κ2) is 6.11. The topological polar surface area (TPSA) is 84.6 Å². The quantitative estimate of drug-likeness (QED) is 0.595. The van der Waals surface area contributed by atoms with Gasteiger partial charge in [-0.25, -0.2) is 0 Å². The number of benzene rings is 2. The van der Waals surface area contributed by atoms with Gasteiger partial charge < -0.3 is 20.9 Å². The number of nitrogens with one attached hydrogen (secondary N) is 1. The molecule has 110 valence electrons. The van der Waals surface area contributed by atoms with Gasteiger partial charge in [0, 0.05) is 11.4 Å². The summed E-state index contributed by atoms with van der Waals surface area (Å²) >= 11 is 11.6. The van der Waals surface area contributed by atoms with Crippen LogP contribution < -0.4 is 15.8 Å². The number of halogens is 2. The Bertz CT molecular complexity index is 682. The number of rotatable bonds is 3. The molecule has 0 saturated heterocycles. The van der Waals surface area contributed by atoms with Crippen LogP contribution in [0.4, 0.5) is 11.4 Å². The normalized spacial score (nSPS) is 10.2. The third kappa shape index (κ3) is 3.32. The summed E-state index contributed by atoms with van der Waals surface area (Å²) in [7, 11) is 1.49. The average molecular weight is 327 g/mol. The number of anilines is 2. The molecule has 0 aliphatic heterocycles. The molecule has 0 aliphatic carbocycles. The highest BCUT2D eigenvalue weighted by Gasteiger charge is 2.13. The monoisotopic (exact) mass is 326 g/mol. The molecule has 21 heavy (non-hydrogen) atoms. The van der Waals surface area contributed by atoms with Gasteiger partial charge in [-0.2, -0.15) is 0 Å². The molecule has 0 heterocycles. The summed E-state index contributed by atoms with van der Waals surface area (Å²) in [5, 5.41) is 12.2. The van der Waals surface area contributed by atoms with Gasteiger partial charge in [0.15, 0.2) is 5.75 Å². The molecular formula is C14H12Cl2N2O3. The van der Waals surface area contributed by atoms with Crippen LogP contribution >= 0.6 is 23.2 Å². The smallest absolute Gasteiger partial charge is 0.257 e. The minimum absolute atomic E-state index is 0.0383. The fourth-order valence-corrected chi connectivity index (χ4v) is 2.18. The van der Waals surface area contributed by atoms with E-state index in [9.17, 15) is 9.90 Å². The Labute approximate surface area is 131 Å². The van der Waals surface area contributed by atoms with Gasteiger partial charge in [0.05, 0.1) is 22.7 Å². The SMILES string of the molecule is COc1ccc(N)c(C(=O)Nc2cc(Cl)c(O)c(Cl)c2)c1. The molecule has 0 aromatic heterocycles. The number of ether oxygens (including phenoxy) is 1. The molecule has 0 atom stereocenters. The number of phenolic OH excluding ortho intramolecular Hbond substituents is 1. The second-order valence-electron chi connectivity index (χ2n) is 4.20. The van der Waals surface area contributed by atoms with E-state index in [-0.39, 0.29) is 21.4 Å². The maximum absolute atomic E-state index is 12.2. The summed E-state index contributed by atoms with van der Waals surface area (Å²) in [6, 6.07) is 7.52. The van der Waals surface area contributed by atoms with Crippen molar-refractivity contribution < 1.29 is 14.6 Å².